The summed E-state index contributed by atoms with van der Waals surface area (Å²) in [5.41, 5.74) is 5.78. The van der Waals surface area contributed by atoms with Crippen molar-refractivity contribution in [1.29, 1.82) is 0 Å². The third-order valence-electron chi connectivity index (χ3n) is 6.42. The van der Waals surface area contributed by atoms with E-state index in [-0.39, 0.29) is 11.8 Å². The van der Waals surface area contributed by atoms with Crippen LogP contribution in [0.25, 0.3) is 33.1 Å². The molecule has 158 valence electrons. The number of nitrogens with zero attached hydrogens (tertiary/aromatic N) is 4. The van der Waals surface area contributed by atoms with Gasteiger partial charge in [-0.1, -0.05) is 24.3 Å². The van der Waals surface area contributed by atoms with Gasteiger partial charge < -0.3 is 9.13 Å². The van der Waals surface area contributed by atoms with Gasteiger partial charge in [0.2, 0.25) is 0 Å². The molecule has 1 N–H and O–H groups in total. The first-order valence-corrected chi connectivity index (χ1v) is 10.7. The van der Waals surface area contributed by atoms with Gasteiger partial charge in [0, 0.05) is 46.0 Å². The van der Waals surface area contributed by atoms with Gasteiger partial charge in [-0.15, -0.1) is 0 Å². The van der Waals surface area contributed by atoms with Crippen LogP contribution in [0.2, 0.25) is 0 Å². The van der Waals surface area contributed by atoms with E-state index in [1.165, 1.54) is 0 Å². The average Bonchev–Trinajstić information content (AvgIpc) is 3.45. The number of hydrogen-bond donors (Lipinski definition) is 1. The van der Waals surface area contributed by atoms with Gasteiger partial charge >= 0.3 is 0 Å². The van der Waals surface area contributed by atoms with Crippen LogP contribution < -0.4 is 5.32 Å². The van der Waals surface area contributed by atoms with Crippen LogP contribution in [0.3, 0.4) is 0 Å². The third kappa shape index (κ3) is 2.56. The van der Waals surface area contributed by atoms with E-state index in [1.54, 1.807) is 6.20 Å². The minimum absolute atomic E-state index is 0.378. The van der Waals surface area contributed by atoms with E-state index in [2.05, 4.69) is 14.9 Å². The minimum Gasteiger partial charge on any atom is -0.341 e. The van der Waals surface area contributed by atoms with Crippen molar-refractivity contribution < 1.29 is 9.59 Å². The highest BCUT2D eigenvalue weighted by atomic mass is 16.2. The van der Waals surface area contributed by atoms with Crippen LogP contribution in [0.4, 0.5) is 0 Å². The van der Waals surface area contributed by atoms with E-state index < -0.39 is 0 Å². The molecule has 0 unspecified atom stereocenters. The van der Waals surface area contributed by atoms with Gasteiger partial charge in [-0.25, -0.2) is 4.98 Å². The molecule has 6 bridgehead atoms. The van der Waals surface area contributed by atoms with Crippen molar-refractivity contribution in [3.8, 4) is 0 Å². The number of aromatic nitrogens is 4. The SMILES string of the molecule is O=C1NC(=O)C2=C1c1cn(c3ccccc13)Cc1cccc(n1)Cn1cc2c2cccnc21. The summed E-state index contributed by atoms with van der Waals surface area (Å²) in [7, 11) is 0. The number of nitrogens with one attached hydrogen (secondary N) is 1. The van der Waals surface area contributed by atoms with Crippen molar-refractivity contribution in [3.05, 3.63) is 95.7 Å². The topological polar surface area (TPSA) is 81.8 Å². The summed E-state index contributed by atoms with van der Waals surface area (Å²) in [5, 5.41) is 4.28. The Hall–Kier alpha value is -4.52. The zero-order chi connectivity index (χ0) is 22.1. The zero-order valence-electron chi connectivity index (χ0n) is 17.4. The summed E-state index contributed by atoms with van der Waals surface area (Å²) in [6.07, 6.45) is 5.61. The van der Waals surface area contributed by atoms with E-state index >= 15 is 0 Å². The minimum atomic E-state index is -0.386. The maximum Gasteiger partial charge on any atom is 0.259 e. The average molecular weight is 431 g/mol. The van der Waals surface area contributed by atoms with Crippen LogP contribution in [0.1, 0.15) is 22.5 Å². The summed E-state index contributed by atoms with van der Waals surface area (Å²) in [4.78, 5) is 35.7. The van der Waals surface area contributed by atoms with Crippen molar-refractivity contribution in [2.75, 3.05) is 0 Å². The Balaban J connectivity index is 1.65. The number of imide groups is 1. The zero-order valence-corrected chi connectivity index (χ0v) is 17.4. The van der Waals surface area contributed by atoms with Crippen LogP contribution in [0.5, 0.6) is 0 Å². The van der Waals surface area contributed by atoms with Gasteiger partial charge in [0.15, 0.2) is 0 Å². The Labute approximate surface area is 188 Å². The Kier molecular flexibility index (Phi) is 3.56. The number of rotatable bonds is 0. The van der Waals surface area contributed by atoms with Crippen molar-refractivity contribution in [1.82, 2.24) is 24.4 Å². The standard InChI is InChI=1S/C26H17N5O2/c32-25-22-19-13-30(21-9-2-1-7-17(19)21)11-15-5-3-6-16(28-15)12-31-14-20(23(22)26(33)29-25)18-8-4-10-27-24(18)31/h1-10,13-14H,11-12H2,(H,29,32,33). The van der Waals surface area contributed by atoms with Gasteiger partial charge in [-0.3, -0.25) is 19.9 Å². The summed E-state index contributed by atoms with van der Waals surface area (Å²) in [5.74, 6) is -0.764. The van der Waals surface area contributed by atoms with E-state index in [0.717, 1.165) is 38.9 Å². The molecule has 6 heterocycles. The summed E-state index contributed by atoms with van der Waals surface area (Å²) < 4.78 is 4.09. The largest absolute Gasteiger partial charge is 0.341 e. The lowest BCUT2D eigenvalue weighted by atomic mass is 9.96. The maximum absolute atomic E-state index is 13.1. The first-order chi connectivity index (χ1) is 16.2. The molecule has 33 heavy (non-hydrogen) atoms. The van der Waals surface area contributed by atoms with Gasteiger partial charge in [0.05, 0.1) is 35.6 Å². The number of benzene rings is 1. The number of fused-ring (bicyclic) bond motifs is 14. The number of para-hydroxylation sites is 1. The molecule has 0 spiro atoms. The molecular weight excluding hydrogens is 414 g/mol. The number of carbonyl (C=O) groups is 2. The van der Waals surface area contributed by atoms with E-state index in [4.69, 9.17) is 4.98 Å². The fraction of sp³-hybridized carbons (Fsp3) is 0.0769. The lowest BCUT2D eigenvalue weighted by Crippen LogP contribution is -2.22. The molecular formula is C26H17N5O2. The van der Waals surface area contributed by atoms with Crippen molar-refractivity contribution in [2.24, 2.45) is 0 Å². The monoisotopic (exact) mass is 431 g/mol. The summed E-state index contributed by atoms with van der Waals surface area (Å²) >= 11 is 0. The van der Waals surface area contributed by atoms with E-state index in [0.29, 0.717) is 29.8 Å². The highest BCUT2D eigenvalue weighted by Crippen LogP contribution is 2.39. The molecule has 2 aliphatic rings. The second kappa shape index (κ2) is 6.49. The first-order valence-electron chi connectivity index (χ1n) is 10.7. The predicted molar refractivity (Wildman–Crippen MR) is 124 cm³/mol. The maximum atomic E-state index is 13.1. The quantitative estimate of drug-likeness (QED) is 0.381. The highest BCUT2D eigenvalue weighted by Gasteiger charge is 2.35. The lowest BCUT2D eigenvalue weighted by molar-refractivity contribution is -0.122. The number of hydrogen-bond acceptors (Lipinski definition) is 4. The molecule has 0 fully saturated rings. The molecule has 2 amide bonds. The molecule has 0 atom stereocenters. The van der Waals surface area contributed by atoms with Crippen molar-refractivity contribution in [2.45, 2.75) is 13.1 Å². The Morgan fingerprint density at radius 2 is 1.39 bits per heavy atom. The fourth-order valence-electron chi connectivity index (χ4n) is 5.04. The van der Waals surface area contributed by atoms with E-state index in [9.17, 15) is 9.59 Å². The van der Waals surface area contributed by atoms with Crippen LogP contribution in [0.15, 0.2) is 73.2 Å². The molecule has 5 aromatic rings. The fourth-order valence-corrected chi connectivity index (χ4v) is 5.04. The van der Waals surface area contributed by atoms with Crippen molar-refractivity contribution >= 4 is 44.9 Å². The summed E-state index contributed by atoms with van der Waals surface area (Å²) in [6.45, 7) is 1.07. The second-order valence-electron chi connectivity index (χ2n) is 8.39. The van der Waals surface area contributed by atoms with Gasteiger partial charge in [0.1, 0.15) is 5.65 Å². The molecule has 2 aliphatic heterocycles. The predicted octanol–water partition coefficient (Wildman–Crippen LogP) is 3.36. The highest BCUT2D eigenvalue weighted by molar-refractivity contribution is 6.50. The van der Waals surface area contributed by atoms with Crippen LogP contribution in [0, 0.1) is 0 Å². The molecule has 7 rings (SSSR count). The molecule has 0 saturated heterocycles. The molecule has 0 aliphatic carbocycles. The van der Waals surface area contributed by atoms with Gasteiger partial charge in [0.25, 0.3) is 11.8 Å². The van der Waals surface area contributed by atoms with Crippen LogP contribution in [-0.4, -0.2) is 30.9 Å². The molecule has 1 aromatic carbocycles. The molecule has 7 heteroatoms. The Bertz CT molecular complexity index is 1570. The van der Waals surface area contributed by atoms with Crippen molar-refractivity contribution in [3.63, 3.8) is 0 Å². The van der Waals surface area contributed by atoms with E-state index in [1.807, 2.05) is 71.6 Å². The molecule has 0 radical (unpaired) electrons. The molecule has 0 saturated carbocycles. The normalized spacial score (nSPS) is 15.3. The van der Waals surface area contributed by atoms with Gasteiger partial charge in [-0.05, 0) is 30.3 Å². The van der Waals surface area contributed by atoms with Gasteiger partial charge in [-0.2, -0.15) is 0 Å². The smallest absolute Gasteiger partial charge is 0.259 e. The van der Waals surface area contributed by atoms with Crippen LogP contribution in [-0.2, 0) is 22.7 Å². The number of pyridine rings is 2. The second-order valence-corrected chi connectivity index (χ2v) is 8.39. The molecule has 4 aromatic heterocycles. The number of amides is 2. The Morgan fingerprint density at radius 3 is 2.21 bits per heavy atom. The third-order valence-corrected chi connectivity index (χ3v) is 6.42. The number of carbonyl (C=O) groups excluding carboxylic acids is 2. The molecule has 7 nitrogen and oxygen atoms in total. The van der Waals surface area contributed by atoms with Crippen LogP contribution >= 0.6 is 0 Å². The first kappa shape index (κ1) is 18.1. The Morgan fingerprint density at radius 1 is 0.727 bits per heavy atom. The summed E-state index contributed by atoms with van der Waals surface area (Å²) in [6, 6.07) is 17.7. The lowest BCUT2D eigenvalue weighted by Gasteiger charge is -2.08.